The van der Waals surface area contributed by atoms with Crippen molar-refractivity contribution in [3.05, 3.63) is 88.2 Å². The molecule has 0 saturated carbocycles. The van der Waals surface area contributed by atoms with Gasteiger partial charge in [0.15, 0.2) is 0 Å². The van der Waals surface area contributed by atoms with Crippen LogP contribution < -0.4 is 19.8 Å². The summed E-state index contributed by atoms with van der Waals surface area (Å²) in [6.07, 6.45) is 2.14. The number of aromatic nitrogens is 1. The number of methoxy groups -OCH3 is 1. The number of aromatic hydroxyl groups is 1. The molecule has 1 N–H and O–H groups in total. The van der Waals surface area contributed by atoms with Gasteiger partial charge in [-0.2, -0.15) is 0 Å². The lowest BCUT2D eigenvalue weighted by Gasteiger charge is -2.22. The highest BCUT2D eigenvalue weighted by molar-refractivity contribution is 6.07. The monoisotopic (exact) mass is 508 g/mol. The molecule has 1 amide bonds. The number of rotatable bonds is 8. The van der Waals surface area contributed by atoms with Crippen molar-refractivity contribution in [2.24, 2.45) is 0 Å². The van der Waals surface area contributed by atoms with Crippen LogP contribution in [0.5, 0.6) is 17.2 Å². The molecule has 1 heterocycles. The van der Waals surface area contributed by atoms with Crippen molar-refractivity contribution < 1.29 is 28.2 Å². The Morgan fingerprint density at radius 3 is 2.35 bits per heavy atom. The predicted octanol–water partition coefficient (Wildman–Crippen LogP) is 5.44. The van der Waals surface area contributed by atoms with Crippen LogP contribution in [-0.2, 0) is 0 Å². The Kier molecular flexibility index (Phi) is 7.42. The van der Waals surface area contributed by atoms with E-state index in [1.807, 2.05) is 6.92 Å². The average molecular weight is 509 g/mol. The number of nitrogens with zero attached hydrogens (tertiary/aromatic N) is 2. The van der Waals surface area contributed by atoms with Gasteiger partial charge >= 0.3 is 0 Å². The molecule has 0 bridgehead atoms. The fourth-order valence-corrected chi connectivity index (χ4v) is 4.08. The molecule has 0 unspecified atom stereocenters. The van der Waals surface area contributed by atoms with E-state index >= 15 is 0 Å². The van der Waals surface area contributed by atoms with Crippen molar-refractivity contribution in [3.63, 3.8) is 0 Å². The number of benzene rings is 3. The van der Waals surface area contributed by atoms with Crippen molar-refractivity contribution >= 4 is 22.5 Å². The van der Waals surface area contributed by atoms with Crippen LogP contribution in [0.3, 0.4) is 0 Å². The lowest BCUT2D eigenvalue weighted by Crippen LogP contribution is -2.35. The fourth-order valence-electron chi connectivity index (χ4n) is 4.08. The number of amides is 1. The van der Waals surface area contributed by atoms with Gasteiger partial charge in [-0.05, 0) is 37.6 Å². The number of carbonyl (C=O) groups is 1. The molecular weight excluding hydrogens is 482 g/mol. The molecule has 0 spiro atoms. The number of phenols is 1. The molecule has 1 aromatic heterocycles. The van der Waals surface area contributed by atoms with E-state index in [0.717, 1.165) is 23.5 Å². The highest BCUT2D eigenvalue weighted by atomic mass is 19.1. The second-order valence-corrected chi connectivity index (χ2v) is 8.34. The molecule has 0 aliphatic rings. The summed E-state index contributed by atoms with van der Waals surface area (Å²) in [7, 11) is 1.50. The van der Waals surface area contributed by atoms with Gasteiger partial charge in [0.2, 0.25) is 5.43 Å². The van der Waals surface area contributed by atoms with E-state index in [1.165, 1.54) is 31.5 Å². The van der Waals surface area contributed by atoms with E-state index in [9.17, 15) is 23.5 Å². The summed E-state index contributed by atoms with van der Waals surface area (Å²) >= 11 is 0. The van der Waals surface area contributed by atoms with Crippen LogP contribution in [0.25, 0.3) is 16.6 Å². The molecule has 4 aromatic rings. The van der Waals surface area contributed by atoms with E-state index in [0.29, 0.717) is 35.4 Å². The summed E-state index contributed by atoms with van der Waals surface area (Å²) in [6, 6.07) is 12.1. The second-order valence-electron chi connectivity index (χ2n) is 8.34. The van der Waals surface area contributed by atoms with Crippen molar-refractivity contribution in [1.82, 2.24) is 4.57 Å². The Balaban J connectivity index is 1.95. The Bertz CT molecular complexity index is 1510. The van der Waals surface area contributed by atoms with Gasteiger partial charge in [0.1, 0.15) is 34.4 Å². The van der Waals surface area contributed by atoms with Gasteiger partial charge in [0.05, 0.1) is 24.9 Å². The maximum atomic E-state index is 13.9. The molecule has 7 nitrogen and oxygen atoms in total. The minimum atomic E-state index is -0.844. The largest absolute Gasteiger partial charge is 0.508 e. The molecule has 9 heteroatoms. The average Bonchev–Trinajstić information content (AvgIpc) is 2.87. The zero-order chi connectivity index (χ0) is 26.7. The summed E-state index contributed by atoms with van der Waals surface area (Å²) in [5.41, 5.74) is 0.0323. The van der Waals surface area contributed by atoms with E-state index in [1.54, 1.807) is 29.7 Å². The topological polar surface area (TPSA) is 81.0 Å². The molecule has 0 radical (unpaired) electrons. The maximum Gasteiger partial charge on any atom is 0.263 e. The minimum absolute atomic E-state index is 0.0154. The van der Waals surface area contributed by atoms with Crippen molar-refractivity contribution in [2.45, 2.75) is 20.3 Å². The van der Waals surface area contributed by atoms with E-state index in [4.69, 9.17) is 9.47 Å². The summed E-state index contributed by atoms with van der Waals surface area (Å²) in [6.45, 7) is 4.14. The molecule has 37 heavy (non-hydrogen) atoms. The number of anilines is 1. The molecule has 0 saturated heterocycles. The predicted molar refractivity (Wildman–Crippen MR) is 137 cm³/mol. The summed E-state index contributed by atoms with van der Waals surface area (Å²) in [5, 5.41) is 10.3. The van der Waals surface area contributed by atoms with Crippen LogP contribution in [0.15, 0.2) is 65.6 Å². The quantitative estimate of drug-likeness (QED) is 0.343. The van der Waals surface area contributed by atoms with Gasteiger partial charge in [-0.3, -0.25) is 9.59 Å². The minimum Gasteiger partial charge on any atom is -0.508 e. The van der Waals surface area contributed by atoms with Gasteiger partial charge in [0.25, 0.3) is 5.91 Å². The second kappa shape index (κ2) is 10.7. The lowest BCUT2D eigenvalue weighted by molar-refractivity contribution is 0.0987. The molecule has 0 aliphatic carbocycles. The van der Waals surface area contributed by atoms with Gasteiger partial charge in [-0.15, -0.1) is 0 Å². The van der Waals surface area contributed by atoms with Gasteiger partial charge in [-0.1, -0.05) is 6.92 Å². The number of fused-ring (bicyclic) bond motifs is 1. The van der Waals surface area contributed by atoms with Crippen LogP contribution in [0.1, 0.15) is 30.6 Å². The van der Waals surface area contributed by atoms with E-state index < -0.39 is 23.0 Å². The number of carbonyl (C=O) groups excluding carboxylic acids is 1. The van der Waals surface area contributed by atoms with Crippen LogP contribution in [-0.4, -0.2) is 35.8 Å². The third kappa shape index (κ3) is 5.25. The zero-order valence-electron chi connectivity index (χ0n) is 20.6. The van der Waals surface area contributed by atoms with Gasteiger partial charge in [0, 0.05) is 54.1 Å². The Morgan fingerprint density at radius 1 is 1.00 bits per heavy atom. The number of ether oxygens (including phenoxy) is 2. The molecule has 4 rings (SSSR count). The first-order valence-electron chi connectivity index (χ1n) is 11.7. The van der Waals surface area contributed by atoms with Crippen LogP contribution in [0.2, 0.25) is 0 Å². The van der Waals surface area contributed by atoms with E-state index in [2.05, 4.69) is 0 Å². The fraction of sp³-hybridized carbons (Fsp3) is 0.214. The summed E-state index contributed by atoms with van der Waals surface area (Å²) in [4.78, 5) is 28.2. The normalized spacial score (nSPS) is 10.9. The van der Waals surface area contributed by atoms with Gasteiger partial charge in [-0.25, -0.2) is 8.78 Å². The van der Waals surface area contributed by atoms with Crippen molar-refractivity contribution in [3.8, 4) is 22.9 Å². The number of pyridine rings is 1. The molecular formula is C28H26F2N2O5. The summed E-state index contributed by atoms with van der Waals surface area (Å²) in [5.74, 6) is -1.50. The first-order chi connectivity index (χ1) is 17.7. The van der Waals surface area contributed by atoms with Crippen molar-refractivity contribution in [2.75, 3.05) is 25.2 Å². The first kappa shape index (κ1) is 25.7. The molecule has 3 aromatic carbocycles. The number of hydrogen-bond donors (Lipinski definition) is 1. The third-order valence-corrected chi connectivity index (χ3v) is 5.79. The standard InChI is InChI=1S/C28H26F2N2O5/c1-4-8-37-23-13-20(12-22(15-23)36-3)32-16-25(27(34)24-7-6-21(33)14-26(24)32)28(35)31(5-2)19-10-17(29)9-18(30)11-19/h6-7,9-16,33H,4-5,8H2,1-3H3. The highest BCUT2D eigenvalue weighted by Gasteiger charge is 2.23. The Morgan fingerprint density at radius 2 is 1.70 bits per heavy atom. The third-order valence-electron chi connectivity index (χ3n) is 5.79. The smallest absolute Gasteiger partial charge is 0.263 e. The first-order valence-corrected chi connectivity index (χ1v) is 11.7. The van der Waals surface area contributed by atoms with Crippen LogP contribution in [0, 0.1) is 11.6 Å². The molecule has 0 fully saturated rings. The number of halogens is 2. The summed E-state index contributed by atoms with van der Waals surface area (Å²) < 4.78 is 40.6. The van der Waals surface area contributed by atoms with Crippen LogP contribution in [0.4, 0.5) is 14.5 Å². The van der Waals surface area contributed by atoms with Crippen molar-refractivity contribution in [1.29, 1.82) is 0 Å². The maximum absolute atomic E-state index is 13.9. The van der Waals surface area contributed by atoms with Gasteiger partial charge < -0.3 is 24.0 Å². The number of phenolic OH excluding ortho intramolecular Hbond substituents is 1. The molecule has 0 aliphatic heterocycles. The highest BCUT2D eigenvalue weighted by Crippen LogP contribution is 2.29. The molecule has 0 atom stereocenters. The zero-order valence-corrected chi connectivity index (χ0v) is 20.6. The SMILES string of the molecule is CCCOc1cc(OC)cc(-n2cc(C(=O)N(CC)c3cc(F)cc(F)c3)c(=O)c3ccc(O)cc32)c1. The lowest BCUT2D eigenvalue weighted by atomic mass is 10.1. The Labute approximate surface area is 212 Å². The van der Waals surface area contributed by atoms with Crippen LogP contribution >= 0.6 is 0 Å². The Hall–Kier alpha value is -4.40. The molecule has 192 valence electrons. The van der Waals surface area contributed by atoms with E-state index in [-0.39, 0.29) is 28.9 Å². The number of hydrogen-bond acceptors (Lipinski definition) is 5.